The Labute approximate surface area is 76.2 Å². The molecule has 66 valence electrons. The van der Waals surface area contributed by atoms with Crippen LogP contribution in [-0.2, 0) is 0 Å². The lowest BCUT2D eigenvalue weighted by molar-refractivity contribution is 1.27. The van der Waals surface area contributed by atoms with Crippen LogP contribution in [0.2, 0.25) is 0 Å². The van der Waals surface area contributed by atoms with Gasteiger partial charge in [0.25, 0.3) is 0 Å². The van der Waals surface area contributed by atoms with Crippen LogP contribution < -0.4 is 5.56 Å². The van der Waals surface area contributed by atoms with Crippen LogP contribution in [0, 0.1) is 13.8 Å². The van der Waals surface area contributed by atoms with E-state index in [1.54, 1.807) is 6.07 Å². The van der Waals surface area contributed by atoms with Crippen molar-refractivity contribution < 1.29 is 0 Å². The highest BCUT2D eigenvalue weighted by Crippen LogP contribution is 2.17. The number of rotatable bonds is 0. The zero-order valence-electron chi connectivity index (χ0n) is 7.72. The first-order chi connectivity index (χ1) is 6.18. The molecule has 0 unspecified atom stereocenters. The summed E-state index contributed by atoms with van der Waals surface area (Å²) < 4.78 is 0. The molecule has 0 saturated carbocycles. The highest BCUT2D eigenvalue weighted by molar-refractivity contribution is 5.84. The molecule has 2 heteroatoms. The molecule has 1 heterocycles. The van der Waals surface area contributed by atoms with E-state index in [4.69, 9.17) is 0 Å². The van der Waals surface area contributed by atoms with Gasteiger partial charge in [-0.2, -0.15) is 0 Å². The summed E-state index contributed by atoms with van der Waals surface area (Å²) in [6, 6.07) is 7.52. The fourth-order valence-corrected chi connectivity index (χ4v) is 1.54. The third-order valence-corrected chi connectivity index (χ3v) is 2.32. The summed E-state index contributed by atoms with van der Waals surface area (Å²) in [5, 5.41) is 1.12. The fraction of sp³-hybridized carbons (Fsp3) is 0.182. The van der Waals surface area contributed by atoms with Crippen molar-refractivity contribution in [3.8, 4) is 0 Å². The molecule has 0 radical (unpaired) electrons. The van der Waals surface area contributed by atoms with E-state index in [0.29, 0.717) is 0 Å². The van der Waals surface area contributed by atoms with Gasteiger partial charge in [-0.05, 0) is 31.0 Å². The predicted molar refractivity (Wildman–Crippen MR) is 54.0 cm³/mol. The summed E-state index contributed by atoms with van der Waals surface area (Å²) in [6.45, 7) is 4.04. The molecule has 2 aromatic rings. The van der Waals surface area contributed by atoms with Gasteiger partial charge in [-0.25, -0.2) is 0 Å². The van der Waals surface area contributed by atoms with E-state index in [-0.39, 0.29) is 5.56 Å². The predicted octanol–water partition coefficient (Wildman–Crippen LogP) is 2.14. The Kier molecular flexibility index (Phi) is 1.69. The third kappa shape index (κ3) is 1.24. The average Bonchev–Trinajstić information content (AvgIpc) is 2.12. The number of hydrogen-bond acceptors (Lipinski definition) is 1. The Morgan fingerprint density at radius 3 is 2.46 bits per heavy atom. The molecule has 0 fully saturated rings. The van der Waals surface area contributed by atoms with Gasteiger partial charge in [0, 0.05) is 11.5 Å². The van der Waals surface area contributed by atoms with Crippen molar-refractivity contribution >= 4 is 10.9 Å². The van der Waals surface area contributed by atoms with Crippen molar-refractivity contribution in [3.05, 3.63) is 45.7 Å². The molecule has 0 aliphatic rings. The van der Waals surface area contributed by atoms with Crippen molar-refractivity contribution in [1.82, 2.24) is 4.98 Å². The monoisotopic (exact) mass is 173 g/mol. The lowest BCUT2D eigenvalue weighted by Gasteiger charge is -2.03. The average molecular weight is 173 g/mol. The van der Waals surface area contributed by atoms with E-state index in [9.17, 15) is 4.79 Å². The van der Waals surface area contributed by atoms with E-state index >= 15 is 0 Å². The van der Waals surface area contributed by atoms with Gasteiger partial charge < -0.3 is 4.98 Å². The van der Waals surface area contributed by atoms with Gasteiger partial charge in [-0.1, -0.05) is 12.1 Å². The summed E-state index contributed by atoms with van der Waals surface area (Å²) >= 11 is 0. The highest BCUT2D eigenvalue weighted by atomic mass is 16.1. The van der Waals surface area contributed by atoms with Gasteiger partial charge in [0.2, 0.25) is 5.56 Å². The molecule has 0 saturated heterocycles. The second-order valence-electron chi connectivity index (χ2n) is 3.31. The molecule has 1 aromatic heterocycles. The molecule has 0 aliphatic heterocycles. The molecule has 0 aliphatic carbocycles. The van der Waals surface area contributed by atoms with Gasteiger partial charge >= 0.3 is 0 Å². The highest BCUT2D eigenvalue weighted by Gasteiger charge is 1.99. The summed E-state index contributed by atoms with van der Waals surface area (Å²) in [5.41, 5.74) is 3.21. The minimum Gasteiger partial charge on any atom is -0.322 e. The SMILES string of the molecule is Cc1ccc(C)c2[nH]c(=O)ccc12. The number of H-pyrrole nitrogens is 1. The first-order valence-electron chi connectivity index (χ1n) is 4.28. The Morgan fingerprint density at radius 2 is 1.69 bits per heavy atom. The number of aromatic nitrogens is 1. The topological polar surface area (TPSA) is 32.9 Å². The van der Waals surface area contributed by atoms with Crippen LogP contribution in [0.1, 0.15) is 11.1 Å². The van der Waals surface area contributed by atoms with Crippen LogP contribution in [0.15, 0.2) is 29.1 Å². The van der Waals surface area contributed by atoms with E-state index in [1.807, 2.05) is 26.0 Å². The van der Waals surface area contributed by atoms with Crippen LogP contribution in [0.4, 0.5) is 0 Å². The molecule has 0 atom stereocenters. The second kappa shape index (κ2) is 2.73. The minimum atomic E-state index is -0.0406. The molecular formula is C11H11NO. The van der Waals surface area contributed by atoms with Crippen LogP contribution in [0.25, 0.3) is 10.9 Å². The Bertz CT molecular complexity index is 511. The third-order valence-electron chi connectivity index (χ3n) is 2.32. The van der Waals surface area contributed by atoms with Gasteiger partial charge in [0.1, 0.15) is 0 Å². The first-order valence-corrected chi connectivity index (χ1v) is 4.28. The molecule has 13 heavy (non-hydrogen) atoms. The molecule has 0 amide bonds. The summed E-state index contributed by atoms with van der Waals surface area (Å²) in [7, 11) is 0. The number of aromatic amines is 1. The van der Waals surface area contributed by atoms with Crippen molar-refractivity contribution in [2.24, 2.45) is 0 Å². The standard InChI is InChI=1S/C11H11NO/c1-7-3-4-8(2)11-9(7)5-6-10(13)12-11/h3-6H,1-2H3,(H,12,13). The van der Waals surface area contributed by atoms with E-state index in [2.05, 4.69) is 11.1 Å². The molecule has 0 bridgehead atoms. The lowest BCUT2D eigenvalue weighted by atomic mass is 10.1. The maximum atomic E-state index is 11.1. The van der Waals surface area contributed by atoms with Crippen molar-refractivity contribution in [2.45, 2.75) is 13.8 Å². The first kappa shape index (κ1) is 8.05. The van der Waals surface area contributed by atoms with Gasteiger partial charge in [-0.15, -0.1) is 0 Å². The van der Waals surface area contributed by atoms with Crippen LogP contribution in [-0.4, -0.2) is 4.98 Å². The van der Waals surface area contributed by atoms with Crippen LogP contribution in [0.5, 0.6) is 0 Å². The van der Waals surface area contributed by atoms with Crippen molar-refractivity contribution in [3.63, 3.8) is 0 Å². The maximum Gasteiger partial charge on any atom is 0.248 e. The van der Waals surface area contributed by atoms with E-state index < -0.39 is 0 Å². The number of fused-ring (bicyclic) bond motifs is 1. The summed E-state index contributed by atoms with van der Waals surface area (Å²) in [6.07, 6.45) is 0. The van der Waals surface area contributed by atoms with Gasteiger partial charge in [-0.3, -0.25) is 4.79 Å². The van der Waals surface area contributed by atoms with E-state index in [0.717, 1.165) is 16.5 Å². The smallest absolute Gasteiger partial charge is 0.248 e. The number of nitrogens with one attached hydrogen (secondary N) is 1. The Hall–Kier alpha value is -1.57. The lowest BCUT2D eigenvalue weighted by Crippen LogP contribution is -2.03. The molecule has 1 N–H and O–H groups in total. The fourth-order valence-electron chi connectivity index (χ4n) is 1.54. The number of benzene rings is 1. The van der Waals surface area contributed by atoms with Gasteiger partial charge in [0.05, 0.1) is 5.52 Å². The zero-order chi connectivity index (χ0) is 9.42. The normalized spacial score (nSPS) is 10.6. The van der Waals surface area contributed by atoms with Crippen molar-refractivity contribution in [2.75, 3.05) is 0 Å². The Morgan fingerprint density at radius 1 is 1.00 bits per heavy atom. The molecule has 2 nitrogen and oxygen atoms in total. The molecule has 2 rings (SSSR count). The maximum absolute atomic E-state index is 11.1. The van der Waals surface area contributed by atoms with Crippen LogP contribution >= 0.6 is 0 Å². The summed E-state index contributed by atoms with van der Waals surface area (Å²) in [5.74, 6) is 0. The van der Waals surface area contributed by atoms with Crippen LogP contribution in [0.3, 0.4) is 0 Å². The van der Waals surface area contributed by atoms with Gasteiger partial charge in [0.15, 0.2) is 0 Å². The minimum absolute atomic E-state index is 0.0406. The largest absolute Gasteiger partial charge is 0.322 e. The van der Waals surface area contributed by atoms with E-state index in [1.165, 1.54) is 5.56 Å². The quantitative estimate of drug-likeness (QED) is 0.650. The molecular weight excluding hydrogens is 162 g/mol. The number of pyridine rings is 1. The zero-order valence-corrected chi connectivity index (χ0v) is 7.72. The van der Waals surface area contributed by atoms with Crippen molar-refractivity contribution in [1.29, 1.82) is 0 Å². The Balaban J connectivity index is 3.00. The molecule has 1 aromatic carbocycles. The number of aryl methyl sites for hydroxylation is 2. The summed E-state index contributed by atoms with van der Waals surface area (Å²) in [4.78, 5) is 13.9. The second-order valence-corrected chi connectivity index (χ2v) is 3.31. The molecule has 0 spiro atoms. The number of hydrogen-bond donors (Lipinski definition) is 1.